The van der Waals surface area contributed by atoms with Crippen LogP contribution in [-0.4, -0.2) is 44.3 Å². The SMILES string of the molecule is CNCOC(=O)CC(=O)OCOC(=O)CC(C)=O. The molecule has 102 valence electrons. The van der Waals surface area contributed by atoms with Crippen LogP contribution >= 0.6 is 0 Å². The summed E-state index contributed by atoms with van der Waals surface area (Å²) in [6.07, 6.45) is -0.965. The Balaban J connectivity index is 3.67. The van der Waals surface area contributed by atoms with E-state index in [9.17, 15) is 19.2 Å². The smallest absolute Gasteiger partial charge is 0.320 e. The van der Waals surface area contributed by atoms with Crippen LogP contribution in [-0.2, 0) is 33.4 Å². The number of esters is 3. The molecule has 0 bridgehead atoms. The molecule has 0 atom stereocenters. The monoisotopic (exact) mass is 261 g/mol. The van der Waals surface area contributed by atoms with Gasteiger partial charge in [-0.3, -0.25) is 24.5 Å². The van der Waals surface area contributed by atoms with Crippen LogP contribution in [0.2, 0.25) is 0 Å². The summed E-state index contributed by atoms with van der Waals surface area (Å²) < 4.78 is 13.4. The minimum absolute atomic E-state index is 0.0142. The molecule has 0 radical (unpaired) electrons. The highest BCUT2D eigenvalue weighted by atomic mass is 16.7. The van der Waals surface area contributed by atoms with Gasteiger partial charge in [-0.25, -0.2) is 0 Å². The molecule has 0 rings (SSSR count). The number of hydrogen-bond acceptors (Lipinski definition) is 8. The van der Waals surface area contributed by atoms with E-state index in [4.69, 9.17) is 0 Å². The van der Waals surface area contributed by atoms with Gasteiger partial charge in [0.2, 0.25) is 6.79 Å². The molecule has 0 aromatic carbocycles. The largest absolute Gasteiger partial charge is 0.449 e. The third-order valence-electron chi connectivity index (χ3n) is 1.50. The maximum absolute atomic E-state index is 11.0. The maximum Gasteiger partial charge on any atom is 0.320 e. The van der Waals surface area contributed by atoms with Crippen LogP contribution in [0.5, 0.6) is 0 Å². The Labute approximate surface area is 104 Å². The molecule has 1 N–H and O–H groups in total. The van der Waals surface area contributed by atoms with Gasteiger partial charge < -0.3 is 14.2 Å². The lowest BCUT2D eigenvalue weighted by Crippen LogP contribution is -2.21. The van der Waals surface area contributed by atoms with Gasteiger partial charge >= 0.3 is 17.9 Å². The maximum atomic E-state index is 11.0. The standard InChI is InChI=1S/C10H15NO7/c1-7(12)3-8(13)17-6-18-10(15)4-9(14)16-5-11-2/h11H,3-6H2,1-2H3. The molecule has 0 aromatic rings. The molecular weight excluding hydrogens is 246 g/mol. The molecule has 8 heteroatoms. The highest BCUT2D eigenvalue weighted by Gasteiger charge is 2.13. The van der Waals surface area contributed by atoms with Crippen molar-refractivity contribution in [3.8, 4) is 0 Å². The zero-order valence-corrected chi connectivity index (χ0v) is 10.2. The van der Waals surface area contributed by atoms with Crippen molar-refractivity contribution in [2.24, 2.45) is 0 Å². The fourth-order valence-corrected chi connectivity index (χ4v) is 0.788. The second-order valence-corrected chi connectivity index (χ2v) is 3.22. The Hall–Kier alpha value is -1.96. The number of Topliss-reactive ketones (excluding diaryl/α,β-unsaturated/α-hetero) is 1. The van der Waals surface area contributed by atoms with Crippen LogP contribution in [0.3, 0.4) is 0 Å². The number of carbonyl (C=O) groups excluding carboxylic acids is 4. The Kier molecular flexibility index (Phi) is 8.12. The van der Waals surface area contributed by atoms with Crippen LogP contribution < -0.4 is 5.32 Å². The summed E-state index contributed by atoms with van der Waals surface area (Å²) >= 11 is 0. The number of carbonyl (C=O) groups is 4. The number of nitrogens with one attached hydrogen (secondary N) is 1. The Morgan fingerprint density at radius 1 is 0.889 bits per heavy atom. The van der Waals surface area contributed by atoms with E-state index in [1.807, 2.05) is 0 Å². The molecule has 0 spiro atoms. The molecule has 0 aliphatic heterocycles. The number of rotatable bonds is 8. The molecule has 0 amide bonds. The van der Waals surface area contributed by atoms with Crippen molar-refractivity contribution in [3.63, 3.8) is 0 Å². The topological polar surface area (TPSA) is 108 Å². The second kappa shape index (κ2) is 9.11. The van der Waals surface area contributed by atoms with Crippen molar-refractivity contribution in [3.05, 3.63) is 0 Å². The van der Waals surface area contributed by atoms with Gasteiger partial charge in [-0.2, -0.15) is 0 Å². The van der Waals surface area contributed by atoms with E-state index in [1.54, 1.807) is 7.05 Å². The summed E-state index contributed by atoms with van der Waals surface area (Å²) in [5, 5.41) is 2.55. The highest BCUT2D eigenvalue weighted by Crippen LogP contribution is 1.93. The lowest BCUT2D eigenvalue weighted by atomic mass is 10.3. The van der Waals surface area contributed by atoms with E-state index < -0.39 is 31.1 Å². The minimum atomic E-state index is -0.883. The molecule has 0 saturated heterocycles. The van der Waals surface area contributed by atoms with E-state index in [0.29, 0.717) is 0 Å². The molecule has 18 heavy (non-hydrogen) atoms. The van der Waals surface area contributed by atoms with E-state index in [0.717, 1.165) is 0 Å². The quantitative estimate of drug-likeness (QED) is 0.341. The van der Waals surface area contributed by atoms with Gasteiger partial charge in [-0.15, -0.1) is 0 Å². The third kappa shape index (κ3) is 9.28. The summed E-state index contributed by atoms with van der Waals surface area (Å²) in [5.74, 6) is -2.80. The molecule has 0 aliphatic rings. The van der Waals surface area contributed by atoms with E-state index in [2.05, 4.69) is 19.5 Å². The third-order valence-corrected chi connectivity index (χ3v) is 1.50. The minimum Gasteiger partial charge on any atom is -0.449 e. The average Bonchev–Trinajstić information content (AvgIpc) is 2.25. The lowest BCUT2D eigenvalue weighted by molar-refractivity contribution is -0.169. The normalized spacial score (nSPS) is 9.44. The zero-order chi connectivity index (χ0) is 14.0. The van der Waals surface area contributed by atoms with Gasteiger partial charge in [0, 0.05) is 0 Å². The van der Waals surface area contributed by atoms with E-state index in [-0.39, 0.29) is 18.9 Å². The summed E-state index contributed by atoms with van der Waals surface area (Å²) in [6, 6.07) is 0. The summed E-state index contributed by atoms with van der Waals surface area (Å²) in [5.41, 5.74) is 0. The molecule has 0 heterocycles. The van der Waals surface area contributed by atoms with Crippen LogP contribution in [0.25, 0.3) is 0 Å². The van der Waals surface area contributed by atoms with Crippen LogP contribution in [0, 0.1) is 0 Å². The van der Waals surface area contributed by atoms with Crippen molar-refractivity contribution in [2.45, 2.75) is 19.8 Å². The van der Waals surface area contributed by atoms with Gasteiger partial charge in [-0.05, 0) is 14.0 Å². The molecule has 0 aromatic heterocycles. The lowest BCUT2D eigenvalue weighted by Gasteiger charge is -2.05. The molecule has 0 saturated carbocycles. The fraction of sp³-hybridized carbons (Fsp3) is 0.600. The molecule has 8 nitrogen and oxygen atoms in total. The van der Waals surface area contributed by atoms with Crippen LogP contribution in [0.15, 0.2) is 0 Å². The first-order chi connectivity index (χ1) is 8.45. The molecule has 0 aliphatic carbocycles. The predicted octanol–water partition coefficient (Wildman–Crippen LogP) is -0.880. The number of ketones is 1. The zero-order valence-electron chi connectivity index (χ0n) is 10.2. The molecule has 0 unspecified atom stereocenters. The first kappa shape index (κ1) is 16.0. The second-order valence-electron chi connectivity index (χ2n) is 3.22. The van der Waals surface area contributed by atoms with E-state index in [1.165, 1.54) is 6.92 Å². The Morgan fingerprint density at radius 2 is 1.39 bits per heavy atom. The summed E-state index contributed by atoms with van der Waals surface area (Å²) in [4.78, 5) is 43.3. The van der Waals surface area contributed by atoms with Gasteiger partial charge in [0.15, 0.2) is 0 Å². The number of hydrogen-bond donors (Lipinski definition) is 1. The summed E-state index contributed by atoms with van der Waals surface area (Å²) in [7, 11) is 1.57. The van der Waals surface area contributed by atoms with Crippen molar-refractivity contribution >= 4 is 23.7 Å². The first-order valence-corrected chi connectivity index (χ1v) is 5.06. The van der Waals surface area contributed by atoms with E-state index >= 15 is 0 Å². The van der Waals surface area contributed by atoms with Gasteiger partial charge in [0.1, 0.15) is 25.4 Å². The molecular formula is C10H15NO7. The molecule has 0 fully saturated rings. The van der Waals surface area contributed by atoms with Gasteiger partial charge in [0.05, 0.1) is 0 Å². The van der Waals surface area contributed by atoms with Crippen LogP contribution in [0.4, 0.5) is 0 Å². The number of ether oxygens (including phenoxy) is 3. The summed E-state index contributed by atoms with van der Waals surface area (Å²) in [6.45, 7) is 0.578. The van der Waals surface area contributed by atoms with Gasteiger partial charge in [-0.1, -0.05) is 0 Å². The Morgan fingerprint density at radius 3 is 1.89 bits per heavy atom. The van der Waals surface area contributed by atoms with Crippen molar-refractivity contribution in [1.29, 1.82) is 0 Å². The average molecular weight is 261 g/mol. The fourth-order valence-electron chi connectivity index (χ4n) is 0.788. The highest BCUT2D eigenvalue weighted by molar-refractivity contribution is 5.94. The Bertz CT molecular complexity index is 326. The predicted molar refractivity (Wildman–Crippen MR) is 57.0 cm³/mol. The van der Waals surface area contributed by atoms with Crippen molar-refractivity contribution in [2.75, 3.05) is 20.6 Å². The van der Waals surface area contributed by atoms with Crippen molar-refractivity contribution < 1.29 is 33.4 Å². The van der Waals surface area contributed by atoms with Crippen LogP contribution in [0.1, 0.15) is 19.8 Å². The first-order valence-electron chi connectivity index (χ1n) is 5.06. The van der Waals surface area contributed by atoms with Gasteiger partial charge in [0.25, 0.3) is 0 Å². The van der Waals surface area contributed by atoms with Crippen molar-refractivity contribution in [1.82, 2.24) is 5.32 Å².